The first-order valence-corrected chi connectivity index (χ1v) is 7.33. The molecule has 4 heteroatoms. The lowest BCUT2D eigenvalue weighted by Gasteiger charge is -2.32. The monoisotopic (exact) mass is 275 g/mol. The number of hydrogen-bond donors (Lipinski definition) is 1. The van der Waals surface area contributed by atoms with Crippen molar-refractivity contribution in [2.75, 3.05) is 39.8 Å². The zero-order valence-corrected chi connectivity index (χ0v) is 12.7. The van der Waals surface area contributed by atoms with E-state index in [1.807, 2.05) is 17.0 Å². The van der Waals surface area contributed by atoms with E-state index in [1.54, 1.807) is 0 Å². The minimum Gasteiger partial charge on any atom is -0.339 e. The van der Waals surface area contributed by atoms with Crippen LogP contribution in [0.4, 0.5) is 0 Å². The van der Waals surface area contributed by atoms with Gasteiger partial charge in [-0.2, -0.15) is 0 Å². The van der Waals surface area contributed by atoms with Crippen LogP contribution in [-0.2, 0) is 4.79 Å². The molecular formula is C16H25N3O. The number of nitrogens with zero attached hydrogens (tertiary/aromatic N) is 2. The normalized spacial score (nSPS) is 18.1. The highest BCUT2D eigenvalue weighted by Crippen LogP contribution is 2.16. The van der Waals surface area contributed by atoms with Crippen LogP contribution in [0.3, 0.4) is 0 Å². The summed E-state index contributed by atoms with van der Waals surface area (Å²) in [6.45, 7) is 8.26. The van der Waals surface area contributed by atoms with Gasteiger partial charge in [-0.15, -0.1) is 0 Å². The van der Waals surface area contributed by atoms with Crippen LogP contribution >= 0.6 is 0 Å². The van der Waals surface area contributed by atoms with Gasteiger partial charge in [0.1, 0.15) is 0 Å². The van der Waals surface area contributed by atoms with Crippen molar-refractivity contribution in [3.05, 3.63) is 35.4 Å². The van der Waals surface area contributed by atoms with E-state index in [0.29, 0.717) is 6.54 Å². The van der Waals surface area contributed by atoms with E-state index >= 15 is 0 Å². The number of rotatable bonds is 4. The first-order valence-electron chi connectivity index (χ1n) is 7.33. The van der Waals surface area contributed by atoms with Crippen LogP contribution in [0.2, 0.25) is 0 Å². The number of nitrogens with one attached hydrogen (secondary N) is 1. The summed E-state index contributed by atoms with van der Waals surface area (Å²) in [5.41, 5.74) is 2.53. The van der Waals surface area contributed by atoms with E-state index in [-0.39, 0.29) is 11.9 Å². The Morgan fingerprint density at radius 1 is 1.25 bits per heavy atom. The molecule has 1 atom stereocenters. The lowest BCUT2D eigenvalue weighted by atomic mass is 10.0. The Bertz CT molecular complexity index is 453. The zero-order valence-electron chi connectivity index (χ0n) is 12.7. The van der Waals surface area contributed by atoms with Gasteiger partial charge >= 0.3 is 0 Å². The third kappa shape index (κ3) is 3.81. The van der Waals surface area contributed by atoms with Gasteiger partial charge in [-0.1, -0.05) is 24.3 Å². The van der Waals surface area contributed by atoms with Gasteiger partial charge in [0.2, 0.25) is 5.91 Å². The van der Waals surface area contributed by atoms with Gasteiger partial charge in [-0.05, 0) is 32.0 Å². The summed E-state index contributed by atoms with van der Waals surface area (Å²) in [5, 5.41) is 3.34. The Kier molecular flexibility index (Phi) is 5.15. The third-order valence-electron chi connectivity index (χ3n) is 4.07. The lowest BCUT2D eigenvalue weighted by molar-refractivity contribution is -0.131. The Hall–Kier alpha value is -1.39. The molecule has 4 nitrogen and oxygen atoms in total. The molecule has 1 aliphatic rings. The van der Waals surface area contributed by atoms with E-state index < -0.39 is 0 Å². The predicted octanol–water partition coefficient (Wildman–Crippen LogP) is 1.42. The molecule has 2 rings (SSSR count). The first-order chi connectivity index (χ1) is 9.58. The van der Waals surface area contributed by atoms with Crippen molar-refractivity contribution >= 4 is 5.91 Å². The molecule has 0 aromatic heterocycles. The van der Waals surface area contributed by atoms with E-state index in [4.69, 9.17) is 0 Å². The van der Waals surface area contributed by atoms with Gasteiger partial charge in [0, 0.05) is 32.2 Å². The van der Waals surface area contributed by atoms with Crippen molar-refractivity contribution in [3.63, 3.8) is 0 Å². The van der Waals surface area contributed by atoms with E-state index in [9.17, 15) is 4.79 Å². The van der Waals surface area contributed by atoms with Crippen LogP contribution in [0.15, 0.2) is 24.3 Å². The van der Waals surface area contributed by atoms with Crippen molar-refractivity contribution in [2.45, 2.75) is 19.9 Å². The molecule has 0 radical (unpaired) electrons. The number of benzene rings is 1. The molecule has 0 spiro atoms. The highest BCUT2D eigenvalue weighted by Gasteiger charge is 2.19. The van der Waals surface area contributed by atoms with Gasteiger partial charge in [0.25, 0.3) is 0 Å². The van der Waals surface area contributed by atoms with Crippen LogP contribution in [-0.4, -0.2) is 55.5 Å². The smallest absolute Gasteiger partial charge is 0.236 e. The SMILES string of the molecule is Cc1ccccc1[C@H](C)NCC(=O)N1CCN(C)CC1. The van der Waals surface area contributed by atoms with Gasteiger partial charge in [0.15, 0.2) is 0 Å². The first kappa shape index (κ1) is 15.0. The second-order valence-electron chi connectivity index (χ2n) is 5.64. The maximum Gasteiger partial charge on any atom is 0.236 e. The largest absolute Gasteiger partial charge is 0.339 e. The van der Waals surface area contributed by atoms with Gasteiger partial charge in [-0.3, -0.25) is 4.79 Å². The molecule has 0 bridgehead atoms. The summed E-state index contributed by atoms with van der Waals surface area (Å²) < 4.78 is 0. The molecule has 1 heterocycles. The maximum atomic E-state index is 12.2. The second-order valence-corrected chi connectivity index (χ2v) is 5.64. The van der Waals surface area contributed by atoms with Crippen LogP contribution in [0.25, 0.3) is 0 Å². The molecule has 1 aliphatic heterocycles. The number of carbonyl (C=O) groups is 1. The molecule has 0 unspecified atom stereocenters. The van der Waals surface area contributed by atoms with Crippen molar-refractivity contribution in [1.82, 2.24) is 15.1 Å². The number of likely N-dealkylation sites (N-methyl/N-ethyl adjacent to an activating group) is 1. The number of hydrogen-bond acceptors (Lipinski definition) is 3. The molecular weight excluding hydrogens is 250 g/mol. The third-order valence-corrected chi connectivity index (χ3v) is 4.07. The fraction of sp³-hybridized carbons (Fsp3) is 0.562. The molecule has 0 saturated carbocycles. The fourth-order valence-electron chi connectivity index (χ4n) is 2.59. The lowest BCUT2D eigenvalue weighted by Crippen LogP contribution is -2.49. The molecule has 1 aromatic rings. The average molecular weight is 275 g/mol. The molecule has 110 valence electrons. The highest BCUT2D eigenvalue weighted by atomic mass is 16.2. The van der Waals surface area contributed by atoms with E-state index in [1.165, 1.54) is 11.1 Å². The predicted molar refractivity (Wildman–Crippen MR) is 81.7 cm³/mol. The molecule has 1 aromatic carbocycles. The summed E-state index contributed by atoms with van der Waals surface area (Å²) >= 11 is 0. The van der Waals surface area contributed by atoms with Crippen molar-refractivity contribution in [1.29, 1.82) is 0 Å². The molecule has 0 aliphatic carbocycles. The van der Waals surface area contributed by atoms with Crippen molar-refractivity contribution < 1.29 is 4.79 Å². The van der Waals surface area contributed by atoms with Crippen LogP contribution in [0.1, 0.15) is 24.1 Å². The Morgan fingerprint density at radius 3 is 2.55 bits per heavy atom. The van der Waals surface area contributed by atoms with Gasteiger partial charge in [0.05, 0.1) is 6.54 Å². The molecule has 1 saturated heterocycles. The fourth-order valence-corrected chi connectivity index (χ4v) is 2.59. The van der Waals surface area contributed by atoms with E-state index in [0.717, 1.165) is 26.2 Å². The second kappa shape index (κ2) is 6.86. The molecule has 1 amide bonds. The number of aryl methyl sites for hydroxylation is 1. The minimum atomic E-state index is 0.201. The maximum absolute atomic E-state index is 12.2. The Balaban J connectivity index is 1.83. The minimum absolute atomic E-state index is 0.201. The van der Waals surface area contributed by atoms with Crippen LogP contribution in [0, 0.1) is 6.92 Å². The van der Waals surface area contributed by atoms with Gasteiger partial charge in [-0.25, -0.2) is 0 Å². The Labute approximate surface area is 121 Å². The van der Waals surface area contributed by atoms with Crippen LogP contribution in [0.5, 0.6) is 0 Å². The summed E-state index contributed by atoms with van der Waals surface area (Å²) in [6, 6.07) is 8.51. The summed E-state index contributed by atoms with van der Waals surface area (Å²) in [6.07, 6.45) is 0. The summed E-state index contributed by atoms with van der Waals surface area (Å²) in [5.74, 6) is 0.207. The molecule has 1 fully saturated rings. The van der Waals surface area contributed by atoms with Crippen molar-refractivity contribution in [2.24, 2.45) is 0 Å². The zero-order chi connectivity index (χ0) is 14.5. The van der Waals surface area contributed by atoms with Crippen molar-refractivity contribution in [3.8, 4) is 0 Å². The van der Waals surface area contributed by atoms with E-state index in [2.05, 4.69) is 43.2 Å². The number of amides is 1. The van der Waals surface area contributed by atoms with Gasteiger partial charge < -0.3 is 15.1 Å². The average Bonchev–Trinajstić information content (AvgIpc) is 2.45. The summed E-state index contributed by atoms with van der Waals surface area (Å²) in [4.78, 5) is 16.4. The summed E-state index contributed by atoms with van der Waals surface area (Å²) in [7, 11) is 2.10. The quantitative estimate of drug-likeness (QED) is 0.903. The highest BCUT2D eigenvalue weighted by molar-refractivity contribution is 5.78. The standard InChI is InChI=1S/C16H25N3O/c1-13-6-4-5-7-15(13)14(2)17-12-16(20)19-10-8-18(3)9-11-19/h4-7,14,17H,8-12H2,1-3H3/t14-/m0/s1. The topological polar surface area (TPSA) is 35.6 Å². The molecule has 1 N–H and O–H groups in total. The number of piperazine rings is 1. The Morgan fingerprint density at radius 2 is 1.90 bits per heavy atom. The van der Waals surface area contributed by atoms with Crippen LogP contribution < -0.4 is 5.32 Å². The number of carbonyl (C=O) groups excluding carboxylic acids is 1. The molecule has 20 heavy (non-hydrogen) atoms.